The van der Waals surface area contributed by atoms with Gasteiger partial charge in [-0.3, -0.25) is 0 Å². The molecule has 0 aromatic carbocycles. The lowest BCUT2D eigenvalue weighted by atomic mass is 10.2. The maximum atomic E-state index is 12.8. The van der Waals surface area contributed by atoms with Crippen LogP contribution in [0.1, 0.15) is 38.4 Å². The highest BCUT2D eigenvalue weighted by molar-refractivity contribution is 5.67. The average molecular weight is 330 g/mol. The summed E-state index contributed by atoms with van der Waals surface area (Å²) in [5, 5.41) is 2.44. The van der Waals surface area contributed by atoms with Crippen molar-refractivity contribution in [3.63, 3.8) is 0 Å². The van der Waals surface area contributed by atoms with Gasteiger partial charge in [0.15, 0.2) is 5.69 Å². The number of amides is 1. The van der Waals surface area contributed by atoms with Crippen molar-refractivity contribution in [2.45, 2.75) is 39.0 Å². The number of carbonyl (C=O) groups is 1. The standard InChI is InChI=1S/C14H17F3N4O2/c1-13(2,3)23-12(22)19-7-5-4-6-9-8-20-11(18)21-10(9)14(15,16)17/h8H,5,7H2,1-3H3,(H,19,22)(H2,18,20,21). The first-order chi connectivity index (χ1) is 10.5. The number of alkyl carbamates (subject to hydrolysis) is 1. The van der Waals surface area contributed by atoms with Crippen molar-refractivity contribution in [2.75, 3.05) is 12.3 Å². The molecule has 0 saturated carbocycles. The molecule has 23 heavy (non-hydrogen) atoms. The molecule has 1 aromatic rings. The van der Waals surface area contributed by atoms with E-state index in [4.69, 9.17) is 10.5 Å². The summed E-state index contributed by atoms with van der Waals surface area (Å²) in [6.07, 6.45) is -4.23. The second-order valence-electron chi connectivity index (χ2n) is 5.47. The molecule has 0 fully saturated rings. The number of nitrogens with one attached hydrogen (secondary N) is 1. The van der Waals surface area contributed by atoms with Gasteiger partial charge in [0.1, 0.15) is 5.60 Å². The Hall–Kier alpha value is -2.50. The molecule has 1 aromatic heterocycles. The number of anilines is 1. The first kappa shape index (κ1) is 18.5. The van der Waals surface area contributed by atoms with Gasteiger partial charge in [0, 0.05) is 19.2 Å². The Morgan fingerprint density at radius 2 is 2.04 bits per heavy atom. The van der Waals surface area contributed by atoms with Crippen molar-refractivity contribution < 1.29 is 22.7 Å². The third-order valence-electron chi connectivity index (χ3n) is 2.22. The largest absolute Gasteiger partial charge is 0.444 e. The quantitative estimate of drug-likeness (QED) is 0.642. The molecular formula is C14H17F3N4O2. The first-order valence-electron chi connectivity index (χ1n) is 6.64. The molecule has 0 aliphatic heterocycles. The summed E-state index contributed by atoms with van der Waals surface area (Å²) in [6.45, 7) is 5.28. The van der Waals surface area contributed by atoms with E-state index in [0.29, 0.717) is 0 Å². The summed E-state index contributed by atoms with van der Waals surface area (Å²) in [6, 6.07) is 0. The van der Waals surface area contributed by atoms with Crippen LogP contribution in [0.2, 0.25) is 0 Å². The summed E-state index contributed by atoms with van der Waals surface area (Å²) in [5.41, 5.74) is 2.97. The zero-order valence-corrected chi connectivity index (χ0v) is 12.9. The van der Waals surface area contributed by atoms with Gasteiger partial charge in [-0.2, -0.15) is 13.2 Å². The molecule has 9 heteroatoms. The van der Waals surface area contributed by atoms with E-state index in [-0.39, 0.29) is 18.5 Å². The highest BCUT2D eigenvalue weighted by atomic mass is 19.4. The number of carbonyl (C=O) groups excluding carboxylic acids is 1. The van der Waals surface area contributed by atoms with Gasteiger partial charge in [0.2, 0.25) is 5.95 Å². The molecule has 0 aliphatic carbocycles. The van der Waals surface area contributed by atoms with E-state index in [1.54, 1.807) is 20.8 Å². The van der Waals surface area contributed by atoms with E-state index >= 15 is 0 Å². The summed E-state index contributed by atoms with van der Waals surface area (Å²) in [5.74, 6) is 4.36. The van der Waals surface area contributed by atoms with Crippen molar-refractivity contribution in [3.8, 4) is 11.8 Å². The van der Waals surface area contributed by atoms with E-state index in [0.717, 1.165) is 6.20 Å². The van der Waals surface area contributed by atoms with Gasteiger partial charge in [0.05, 0.1) is 5.56 Å². The summed E-state index contributed by atoms with van der Waals surface area (Å²) in [7, 11) is 0. The minimum Gasteiger partial charge on any atom is -0.444 e. The number of nitrogen functional groups attached to an aromatic ring is 1. The highest BCUT2D eigenvalue weighted by Gasteiger charge is 2.35. The van der Waals surface area contributed by atoms with Crippen molar-refractivity contribution in [1.82, 2.24) is 15.3 Å². The fourth-order valence-corrected chi connectivity index (χ4v) is 1.40. The minimum absolute atomic E-state index is 0.138. The van der Waals surface area contributed by atoms with Crippen LogP contribution in [0.3, 0.4) is 0 Å². The van der Waals surface area contributed by atoms with E-state index < -0.39 is 29.5 Å². The van der Waals surface area contributed by atoms with Crippen LogP contribution < -0.4 is 11.1 Å². The minimum atomic E-state index is -4.67. The second kappa shape index (κ2) is 7.17. The Kier molecular flexibility index (Phi) is 5.79. The van der Waals surface area contributed by atoms with Crippen LogP contribution in [0, 0.1) is 11.8 Å². The molecular weight excluding hydrogens is 313 g/mol. The lowest BCUT2D eigenvalue weighted by Gasteiger charge is -2.19. The Morgan fingerprint density at radius 1 is 1.39 bits per heavy atom. The number of ether oxygens (including phenoxy) is 1. The number of alkyl halides is 3. The summed E-state index contributed by atoms with van der Waals surface area (Å²) < 4.78 is 43.3. The van der Waals surface area contributed by atoms with Gasteiger partial charge >= 0.3 is 12.3 Å². The lowest BCUT2D eigenvalue weighted by molar-refractivity contribution is -0.141. The molecule has 0 bridgehead atoms. The van der Waals surface area contributed by atoms with Gasteiger partial charge in [-0.15, -0.1) is 0 Å². The molecule has 0 spiro atoms. The van der Waals surface area contributed by atoms with Crippen LogP contribution in [0.4, 0.5) is 23.9 Å². The SMILES string of the molecule is CC(C)(C)OC(=O)NCCC#Cc1cnc(N)nc1C(F)(F)F. The topological polar surface area (TPSA) is 90.1 Å². The number of hydrogen-bond donors (Lipinski definition) is 2. The second-order valence-corrected chi connectivity index (χ2v) is 5.47. The van der Waals surface area contributed by atoms with Gasteiger partial charge < -0.3 is 15.8 Å². The zero-order valence-electron chi connectivity index (χ0n) is 12.9. The number of nitrogens with two attached hydrogens (primary N) is 1. The van der Waals surface area contributed by atoms with Gasteiger partial charge in [-0.05, 0) is 20.8 Å². The normalized spacial score (nSPS) is 11.4. The van der Waals surface area contributed by atoms with Crippen molar-refractivity contribution in [1.29, 1.82) is 0 Å². The maximum Gasteiger partial charge on any atom is 0.434 e. The fourth-order valence-electron chi connectivity index (χ4n) is 1.40. The molecule has 0 unspecified atom stereocenters. The predicted octanol–water partition coefficient (Wildman–Crippen LogP) is 2.34. The molecule has 0 atom stereocenters. The molecule has 1 heterocycles. The van der Waals surface area contributed by atoms with Crippen LogP contribution in [0.5, 0.6) is 0 Å². The van der Waals surface area contributed by atoms with Crippen molar-refractivity contribution >= 4 is 12.0 Å². The molecule has 6 nitrogen and oxygen atoms in total. The van der Waals surface area contributed by atoms with E-state index in [2.05, 4.69) is 27.1 Å². The number of nitrogens with zero attached hydrogens (tertiary/aromatic N) is 2. The van der Waals surface area contributed by atoms with Gasteiger partial charge in [0.25, 0.3) is 0 Å². The molecule has 0 aliphatic rings. The number of rotatable bonds is 2. The average Bonchev–Trinajstić information content (AvgIpc) is 2.36. The first-order valence-corrected chi connectivity index (χ1v) is 6.64. The number of halogens is 3. The third kappa shape index (κ3) is 6.86. The lowest BCUT2D eigenvalue weighted by Crippen LogP contribution is -2.32. The molecule has 3 N–H and O–H groups in total. The Balaban J connectivity index is 2.63. The van der Waals surface area contributed by atoms with Gasteiger partial charge in [-0.25, -0.2) is 14.8 Å². The molecule has 1 amide bonds. The number of hydrogen-bond acceptors (Lipinski definition) is 5. The van der Waals surface area contributed by atoms with Crippen molar-refractivity contribution in [3.05, 3.63) is 17.5 Å². The number of aromatic nitrogens is 2. The molecule has 0 saturated heterocycles. The molecule has 1 rings (SSSR count). The molecule has 126 valence electrons. The monoisotopic (exact) mass is 330 g/mol. The van der Waals surface area contributed by atoms with Crippen LogP contribution in [0.25, 0.3) is 0 Å². The van der Waals surface area contributed by atoms with E-state index in [1.807, 2.05) is 0 Å². The van der Waals surface area contributed by atoms with Crippen LogP contribution in [-0.4, -0.2) is 28.2 Å². The smallest absolute Gasteiger partial charge is 0.434 e. The van der Waals surface area contributed by atoms with E-state index in [9.17, 15) is 18.0 Å². The van der Waals surface area contributed by atoms with E-state index in [1.165, 1.54) is 0 Å². The van der Waals surface area contributed by atoms with Crippen LogP contribution in [-0.2, 0) is 10.9 Å². The Bertz CT molecular complexity index is 628. The Morgan fingerprint density at radius 3 is 2.61 bits per heavy atom. The third-order valence-corrected chi connectivity index (χ3v) is 2.22. The highest BCUT2D eigenvalue weighted by Crippen LogP contribution is 2.30. The van der Waals surface area contributed by atoms with Crippen LogP contribution >= 0.6 is 0 Å². The molecule has 0 radical (unpaired) electrons. The predicted molar refractivity (Wildman–Crippen MR) is 77.2 cm³/mol. The summed E-state index contributed by atoms with van der Waals surface area (Å²) >= 11 is 0. The zero-order chi connectivity index (χ0) is 17.7. The maximum absolute atomic E-state index is 12.8. The Labute approximate surface area is 131 Å². The van der Waals surface area contributed by atoms with Crippen molar-refractivity contribution in [2.24, 2.45) is 0 Å². The summed E-state index contributed by atoms with van der Waals surface area (Å²) in [4.78, 5) is 18.0. The van der Waals surface area contributed by atoms with Gasteiger partial charge in [-0.1, -0.05) is 11.8 Å². The fraction of sp³-hybridized carbons (Fsp3) is 0.500. The van der Waals surface area contributed by atoms with Crippen LogP contribution in [0.15, 0.2) is 6.20 Å².